The minimum Gasteiger partial charge on any atom is -0.495 e. The molecule has 1 unspecified atom stereocenters. The van der Waals surface area contributed by atoms with Gasteiger partial charge in [0.15, 0.2) is 0 Å². The highest BCUT2D eigenvalue weighted by molar-refractivity contribution is 5.95. The average Bonchev–Trinajstić information content (AvgIpc) is 3.06. The van der Waals surface area contributed by atoms with Crippen molar-refractivity contribution < 1.29 is 14.3 Å². The van der Waals surface area contributed by atoms with Crippen LogP contribution in [0, 0.1) is 0 Å². The van der Waals surface area contributed by atoms with Crippen molar-refractivity contribution in [2.75, 3.05) is 32.1 Å². The molecule has 1 atom stereocenters. The number of methoxy groups -OCH3 is 1. The third-order valence-corrected chi connectivity index (χ3v) is 4.34. The number of benzene rings is 2. The SMILES string of the molecule is COc1ccccc1-n1c(NC(=O)C2CNCCO2)nc2ccccc21.Cl. The number of para-hydroxylation sites is 4. The molecule has 0 aliphatic carbocycles. The van der Waals surface area contributed by atoms with E-state index < -0.39 is 6.10 Å². The second kappa shape index (κ2) is 8.39. The van der Waals surface area contributed by atoms with Crippen LogP contribution in [-0.4, -0.2) is 48.4 Å². The molecule has 0 spiro atoms. The van der Waals surface area contributed by atoms with Gasteiger partial charge in [0.2, 0.25) is 5.95 Å². The quantitative estimate of drug-likeness (QED) is 0.717. The second-order valence-corrected chi connectivity index (χ2v) is 5.98. The Labute approximate surface area is 163 Å². The van der Waals surface area contributed by atoms with E-state index in [0.717, 1.165) is 23.3 Å². The van der Waals surface area contributed by atoms with Crippen molar-refractivity contribution in [2.45, 2.75) is 6.10 Å². The lowest BCUT2D eigenvalue weighted by Gasteiger charge is -2.22. The van der Waals surface area contributed by atoms with Gasteiger partial charge in [-0.2, -0.15) is 0 Å². The van der Waals surface area contributed by atoms with Crippen LogP contribution in [0.15, 0.2) is 48.5 Å². The molecule has 8 heteroatoms. The summed E-state index contributed by atoms with van der Waals surface area (Å²) < 4.78 is 12.9. The molecule has 27 heavy (non-hydrogen) atoms. The molecule has 0 saturated carbocycles. The van der Waals surface area contributed by atoms with E-state index in [1.54, 1.807) is 7.11 Å². The van der Waals surface area contributed by atoms with E-state index in [4.69, 9.17) is 9.47 Å². The molecule has 7 nitrogen and oxygen atoms in total. The molecular formula is C19H21ClN4O3. The van der Waals surface area contributed by atoms with Crippen LogP contribution in [0.2, 0.25) is 0 Å². The molecule has 2 aromatic carbocycles. The Morgan fingerprint density at radius 3 is 2.81 bits per heavy atom. The number of aromatic nitrogens is 2. The van der Waals surface area contributed by atoms with Crippen LogP contribution >= 0.6 is 12.4 Å². The Bertz CT molecular complexity index is 938. The summed E-state index contributed by atoms with van der Waals surface area (Å²) in [5.74, 6) is 0.917. The van der Waals surface area contributed by atoms with Crippen molar-refractivity contribution >= 4 is 35.3 Å². The zero-order chi connectivity index (χ0) is 17.9. The largest absolute Gasteiger partial charge is 0.495 e. The number of amides is 1. The zero-order valence-corrected chi connectivity index (χ0v) is 15.7. The molecule has 0 bridgehead atoms. The number of carbonyl (C=O) groups excluding carboxylic acids is 1. The molecule has 1 fully saturated rings. The summed E-state index contributed by atoms with van der Waals surface area (Å²) in [4.78, 5) is 17.2. The molecule has 4 rings (SSSR count). The van der Waals surface area contributed by atoms with Gasteiger partial charge in [-0.1, -0.05) is 24.3 Å². The summed E-state index contributed by atoms with van der Waals surface area (Å²) in [7, 11) is 1.62. The van der Waals surface area contributed by atoms with Crippen LogP contribution in [-0.2, 0) is 9.53 Å². The van der Waals surface area contributed by atoms with Gasteiger partial charge in [-0.15, -0.1) is 12.4 Å². The maximum absolute atomic E-state index is 12.6. The first-order valence-electron chi connectivity index (χ1n) is 8.52. The third-order valence-electron chi connectivity index (χ3n) is 4.34. The number of rotatable bonds is 4. The fourth-order valence-electron chi connectivity index (χ4n) is 3.09. The first-order chi connectivity index (χ1) is 12.8. The number of carbonyl (C=O) groups is 1. The summed E-state index contributed by atoms with van der Waals surface area (Å²) >= 11 is 0. The Morgan fingerprint density at radius 2 is 2.04 bits per heavy atom. The number of nitrogens with zero attached hydrogens (tertiary/aromatic N) is 2. The van der Waals surface area contributed by atoms with Crippen LogP contribution in [0.1, 0.15) is 0 Å². The summed E-state index contributed by atoms with van der Waals surface area (Å²) in [6, 6.07) is 15.4. The number of halogens is 1. The Kier molecular flexibility index (Phi) is 5.95. The topological polar surface area (TPSA) is 77.4 Å². The predicted molar refractivity (Wildman–Crippen MR) is 106 cm³/mol. The van der Waals surface area contributed by atoms with Crippen LogP contribution in [0.5, 0.6) is 5.75 Å². The smallest absolute Gasteiger partial charge is 0.257 e. The minimum absolute atomic E-state index is 0. The number of hydrogen-bond acceptors (Lipinski definition) is 5. The lowest BCUT2D eigenvalue weighted by Crippen LogP contribution is -2.45. The second-order valence-electron chi connectivity index (χ2n) is 5.98. The van der Waals surface area contributed by atoms with E-state index in [1.165, 1.54) is 0 Å². The maximum Gasteiger partial charge on any atom is 0.257 e. The number of morpholine rings is 1. The highest BCUT2D eigenvalue weighted by atomic mass is 35.5. The lowest BCUT2D eigenvalue weighted by molar-refractivity contribution is -0.128. The maximum atomic E-state index is 12.6. The van der Waals surface area contributed by atoms with E-state index in [0.29, 0.717) is 24.8 Å². The van der Waals surface area contributed by atoms with Crippen molar-refractivity contribution in [1.82, 2.24) is 14.9 Å². The molecule has 1 amide bonds. The van der Waals surface area contributed by atoms with Crippen molar-refractivity contribution in [1.29, 1.82) is 0 Å². The van der Waals surface area contributed by atoms with Gasteiger partial charge in [0.25, 0.3) is 5.91 Å². The standard InChI is InChI=1S/C19H20N4O3.ClH/c1-25-16-9-5-4-8-15(16)23-14-7-3-2-6-13(14)21-19(23)22-18(24)17-12-20-10-11-26-17;/h2-9,17,20H,10-12H2,1H3,(H,21,22,24);1H. The van der Waals surface area contributed by atoms with Crippen LogP contribution in [0.25, 0.3) is 16.7 Å². The van der Waals surface area contributed by atoms with E-state index in [1.807, 2.05) is 53.1 Å². The number of hydrogen-bond donors (Lipinski definition) is 2. The molecule has 0 radical (unpaired) electrons. The minimum atomic E-state index is -0.533. The van der Waals surface area contributed by atoms with Gasteiger partial charge in [-0.3, -0.25) is 14.7 Å². The first kappa shape index (κ1) is 19.2. The highest BCUT2D eigenvalue weighted by Crippen LogP contribution is 2.30. The van der Waals surface area contributed by atoms with Crippen LogP contribution in [0.4, 0.5) is 5.95 Å². The number of imidazole rings is 1. The van der Waals surface area contributed by atoms with E-state index >= 15 is 0 Å². The molecule has 142 valence electrons. The Morgan fingerprint density at radius 1 is 1.26 bits per heavy atom. The molecule has 2 heterocycles. The third kappa shape index (κ3) is 3.75. The van der Waals surface area contributed by atoms with Crippen molar-refractivity contribution in [3.05, 3.63) is 48.5 Å². The van der Waals surface area contributed by atoms with Crippen LogP contribution in [0.3, 0.4) is 0 Å². The van der Waals surface area contributed by atoms with Gasteiger partial charge in [-0.25, -0.2) is 4.98 Å². The van der Waals surface area contributed by atoms with Gasteiger partial charge >= 0.3 is 0 Å². The van der Waals surface area contributed by atoms with E-state index in [2.05, 4.69) is 15.6 Å². The number of fused-ring (bicyclic) bond motifs is 1. The number of nitrogens with one attached hydrogen (secondary N) is 2. The average molecular weight is 389 g/mol. The van der Waals surface area contributed by atoms with Crippen molar-refractivity contribution in [2.24, 2.45) is 0 Å². The Hall–Kier alpha value is -2.61. The molecule has 1 aliphatic rings. The summed E-state index contributed by atoms with van der Waals surface area (Å²) in [5.41, 5.74) is 2.48. The van der Waals surface area contributed by atoms with Crippen molar-refractivity contribution in [3.8, 4) is 11.4 Å². The highest BCUT2D eigenvalue weighted by Gasteiger charge is 2.24. The zero-order valence-electron chi connectivity index (χ0n) is 14.8. The van der Waals surface area contributed by atoms with Crippen LogP contribution < -0.4 is 15.4 Å². The summed E-state index contributed by atoms with van der Waals surface area (Å²) in [6.07, 6.45) is -0.533. The Balaban J connectivity index is 0.00000210. The molecular weight excluding hydrogens is 368 g/mol. The van der Waals surface area contributed by atoms with Gasteiger partial charge in [0, 0.05) is 13.1 Å². The molecule has 3 aromatic rings. The van der Waals surface area contributed by atoms with Gasteiger partial charge < -0.3 is 14.8 Å². The predicted octanol–water partition coefficient (Wildman–Crippen LogP) is 2.38. The first-order valence-corrected chi connectivity index (χ1v) is 8.52. The monoisotopic (exact) mass is 388 g/mol. The normalized spacial score (nSPS) is 16.6. The molecule has 1 aliphatic heterocycles. The fourth-order valence-corrected chi connectivity index (χ4v) is 3.09. The number of anilines is 1. The van der Waals surface area contributed by atoms with Gasteiger partial charge in [-0.05, 0) is 24.3 Å². The fraction of sp³-hybridized carbons (Fsp3) is 0.263. The van der Waals surface area contributed by atoms with E-state index in [9.17, 15) is 4.79 Å². The molecule has 1 aromatic heterocycles. The summed E-state index contributed by atoms with van der Waals surface area (Å²) in [6.45, 7) is 1.76. The van der Waals surface area contributed by atoms with E-state index in [-0.39, 0.29) is 18.3 Å². The van der Waals surface area contributed by atoms with Gasteiger partial charge in [0.1, 0.15) is 11.9 Å². The summed E-state index contributed by atoms with van der Waals surface area (Å²) in [5, 5.41) is 6.07. The molecule has 1 saturated heterocycles. The molecule has 2 N–H and O–H groups in total. The van der Waals surface area contributed by atoms with Gasteiger partial charge in [0.05, 0.1) is 30.4 Å². The van der Waals surface area contributed by atoms with Crippen molar-refractivity contribution in [3.63, 3.8) is 0 Å². The number of ether oxygens (including phenoxy) is 2. The lowest BCUT2D eigenvalue weighted by atomic mass is 10.2.